The fourth-order valence-corrected chi connectivity index (χ4v) is 1.22. The lowest BCUT2D eigenvalue weighted by atomic mass is 10.3. The van der Waals surface area contributed by atoms with Crippen molar-refractivity contribution in [3.63, 3.8) is 0 Å². The van der Waals surface area contributed by atoms with Crippen LogP contribution in [0, 0.1) is 0 Å². The normalized spacial score (nSPS) is 9.60. The molecule has 1 aromatic heterocycles. The maximum absolute atomic E-state index is 11.0. The van der Waals surface area contributed by atoms with Crippen LogP contribution in [0.15, 0.2) is 31.0 Å². The van der Waals surface area contributed by atoms with Gasteiger partial charge >= 0.3 is 12.1 Å². The molecule has 7 nitrogen and oxygen atoms in total. The Morgan fingerprint density at radius 2 is 2.25 bits per heavy atom. The molecule has 1 rings (SSSR count). The van der Waals surface area contributed by atoms with E-state index in [-0.39, 0.29) is 12.2 Å². The highest BCUT2D eigenvalue weighted by molar-refractivity contribution is 5.87. The van der Waals surface area contributed by atoms with Crippen LogP contribution < -0.4 is 10.1 Å². The second-order valence-electron chi connectivity index (χ2n) is 3.71. The van der Waals surface area contributed by atoms with Crippen LogP contribution in [-0.4, -0.2) is 41.9 Å². The number of nitrogens with zero attached hydrogens (tertiary/aromatic N) is 1. The molecule has 0 fully saturated rings. The predicted octanol–water partition coefficient (Wildman–Crippen LogP) is 1.46. The van der Waals surface area contributed by atoms with Gasteiger partial charge in [0.05, 0.1) is 12.2 Å². The van der Waals surface area contributed by atoms with Gasteiger partial charge in [-0.3, -0.25) is 0 Å². The first-order valence-corrected chi connectivity index (χ1v) is 5.97. The Kier molecular flexibility index (Phi) is 6.60. The summed E-state index contributed by atoms with van der Waals surface area (Å²) in [6.45, 7) is 4.35. The molecule has 0 bridgehead atoms. The molecule has 2 N–H and O–H groups in total. The van der Waals surface area contributed by atoms with Crippen LogP contribution >= 0.6 is 0 Å². The summed E-state index contributed by atoms with van der Waals surface area (Å²) in [6.07, 6.45) is 2.78. The topological polar surface area (TPSA) is 97.8 Å². The molecule has 7 heteroatoms. The minimum Gasteiger partial charge on any atom is -0.478 e. The number of carbonyl (C=O) groups is 2. The summed E-state index contributed by atoms with van der Waals surface area (Å²) in [5, 5.41) is 11.2. The number of aromatic carboxylic acids is 1. The number of aromatic nitrogens is 1. The zero-order valence-electron chi connectivity index (χ0n) is 10.9. The molecule has 20 heavy (non-hydrogen) atoms. The molecule has 0 aliphatic heterocycles. The Morgan fingerprint density at radius 3 is 2.85 bits per heavy atom. The molecule has 1 aromatic rings. The molecule has 0 aliphatic rings. The molecule has 0 spiro atoms. The van der Waals surface area contributed by atoms with Crippen LogP contribution in [0.1, 0.15) is 16.8 Å². The molecular formula is C13H16N2O5. The Balaban J connectivity index is 2.16. The summed E-state index contributed by atoms with van der Waals surface area (Å²) < 4.78 is 10.0. The average Bonchev–Trinajstić information content (AvgIpc) is 2.45. The van der Waals surface area contributed by atoms with Gasteiger partial charge in [-0.25, -0.2) is 14.6 Å². The number of rotatable bonds is 8. The third-order valence-corrected chi connectivity index (χ3v) is 2.16. The first-order chi connectivity index (χ1) is 9.63. The predicted molar refractivity (Wildman–Crippen MR) is 70.9 cm³/mol. The number of hydrogen-bond acceptors (Lipinski definition) is 5. The highest BCUT2D eigenvalue weighted by atomic mass is 16.5. The second kappa shape index (κ2) is 8.52. The van der Waals surface area contributed by atoms with Gasteiger partial charge in [-0.1, -0.05) is 12.7 Å². The van der Waals surface area contributed by atoms with Gasteiger partial charge in [0, 0.05) is 18.8 Å². The maximum atomic E-state index is 11.0. The van der Waals surface area contributed by atoms with Crippen LogP contribution in [0.2, 0.25) is 0 Å². The van der Waals surface area contributed by atoms with E-state index in [0.717, 1.165) is 0 Å². The van der Waals surface area contributed by atoms with Gasteiger partial charge in [-0.15, -0.1) is 0 Å². The molecule has 0 unspecified atom stereocenters. The molecule has 0 saturated carbocycles. The van der Waals surface area contributed by atoms with Gasteiger partial charge in [-0.2, -0.15) is 0 Å². The first kappa shape index (κ1) is 15.5. The Hall–Kier alpha value is -2.57. The van der Waals surface area contributed by atoms with Crippen molar-refractivity contribution in [1.29, 1.82) is 0 Å². The summed E-state index contributed by atoms with van der Waals surface area (Å²) in [4.78, 5) is 25.5. The van der Waals surface area contributed by atoms with E-state index in [4.69, 9.17) is 14.6 Å². The lowest BCUT2D eigenvalue weighted by molar-refractivity contribution is 0.0696. The summed E-state index contributed by atoms with van der Waals surface area (Å²) >= 11 is 0. The van der Waals surface area contributed by atoms with E-state index in [1.807, 2.05) is 0 Å². The van der Waals surface area contributed by atoms with E-state index in [1.54, 1.807) is 0 Å². The molecule has 0 aliphatic carbocycles. The van der Waals surface area contributed by atoms with Crippen LogP contribution in [0.4, 0.5) is 4.79 Å². The van der Waals surface area contributed by atoms with Gasteiger partial charge in [0.25, 0.3) is 0 Å². The molecule has 1 amide bonds. The molecule has 0 aromatic carbocycles. The van der Waals surface area contributed by atoms with Crippen molar-refractivity contribution in [3.05, 3.63) is 36.5 Å². The minimum absolute atomic E-state index is 0.101. The van der Waals surface area contributed by atoms with Gasteiger partial charge in [-0.05, 0) is 12.5 Å². The van der Waals surface area contributed by atoms with Crippen molar-refractivity contribution in [2.75, 3.05) is 19.8 Å². The number of alkyl carbamates (subject to hydrolysis) is 1. The molecular weight excluding hydrogens is 264 g/mol. The highest BCUT2D eigenvalue weighted by Gasteiger charge is 2.03. The Morgan fingerprint density at radius 1 is 1.45 bits per heavy atom. The third kappa shape index (κ3) is 5.85. The lowest BCUT2D eigenvalue weighted by Crippen LogP contribution is -2.26. The van der Waals surface area contributed by atoms with Crippen molar-refractivity contribution in [3.8, 4) is 5.88 Å². The van der Waals surface area contributed by atoms with E-state index in [0.29, 0.717) is 25.5 Å². The fourth-order valence-electron chi connectivity index (χ4n) is 1.22. The van der Waals surface area contributed by atoms with Crippen molar-refractivity contribution in [1.82, 2.24) is 10.3 Å². The standard InChI is InChI=1S/C13H16N2O5/c1-2-7-20-13(18)14-6-3-8-19-11-5-4-10(9-15-11)12(16)17/h2,4-5,9H,1,3,6-8H2,(H,14,18)(H,16,17). The van der Waals surface area contributed by atoms with Crippen molar-refractivity contribution < 1.29 is 24.2 Å². The monoisotopic (exact) mass is 280 g/mol. The average molecular weight is 280 g/mol. The molecule has 0 atom stereocenters. The van der Waals surface area contributed by atoms with E-state index in [9.17, 15) is 9.59 Å². The zero-order valence-corrected chi connectivity index (χ0v) is 10.9. The SMILES string of the molecule is C=CCOC(=O)NCCCOc1ccc(C(=O)O)cn1. The number of nitrogens with one attached hydrogen (secondary N) is 1. The van der Waals surface area contributed by atoms with Crippen LogP contribution in [0.3, 0.4) is 0 Å². The van der Waals surface area contributed by atoms with Gasteiger partial charge in [0.1, 0.15) is 6.61 Å². The number of carboxylic acids is 1. The van der Waals surface area contributed by atoms with Crippen LogP contribution in [0.25, 0.3) is 0 Å². The molecule has 0 radical (unpaired) electrons. The number of hydrogen-bond donors (Lipinski definition) is 2. The van der Waals surface area contributed by atoms with E-state index < -0.39 is 12.1 Å². The molecule has 0 saturated heterocycles. The number of ether oxygens (including phenoxy) is 2. The fraction of sp³-hybridized carbons (Fsp3) is 0.308. The summed E-state index contributed by atoms with van der Waals surface area (Å²) in [7, 11) is 0. The van der Waals surface area contributed by atoms with E-state index in [1.165, 1.54) is 24.4 Å². The minimum atomic E-state index is -1.04. The summed E-state index contributed by atoms with van der Waals surface area (Å²) in [6, 6.07) is 2.89. The van der Waals surface area contributed by atoms with Crippen molar-refractivity contribution >= 4 is 12.1 Å². The second-order valence-corrected chi connectivity index (χ2v) is 3.71. The summed E-state index contributed by atoms with van der Waals surface area (Å²) in [5.74, 6) is -0.699. The van der Waals surface area contributed by atoms with Crippen molar-refractivity contribution in [2.24, 2.45) is 0 Å². The quantitative estimate of drug-likeness (QED) is 0.552. The number of amides is 1. The van der Waals surface area contributed by atoms with Crippen LogP contribution in [0.5, 0.6) is 5.88 Å². The van der Waals surface area contributed by atoms with Gasteiger partial charge in [0.15, 0.2) is 0 Å². The van der Waals surface area contributed by atoms with Crippen molar-refractivity contribution in [2.45, 2.75) is 6.42 Å². The smallest absolute Gasteiger partial charge is 0.407 e. The van der Waals surface area contributed by atoms with E-state index in [2.05, 4.69) is 16.9 Å². The summed E-state index contributed by atoms with van der Waals surface area (Å²) in [5.41, 5.74) is 0.101. The number of carbonyl (C=O) groups excluding carboxylic acids is 1. The highest BCUT2D eigenvalue weighted by Crippen LogP contribution is 2.07. The third-order valence-electron chi connectivity index (χ3n) is 2.16. The zero-order chi connectivity index (χ0) is 14.8. The first-order valence-electron chi connectivity index (χ1n) is 5.97. The van der Waals surface area contributed by atoms with Crippen LogP contribution in [-0.2, 0) is 4.74 Å². The number of carboxylic acid groups (broad SMARTS) is 1. The van der Waals surface area contributed by atoms with Gasteiger partial charge in [0.2, 0.25) is 5.88 Å². The largest absolute Gasteiger partial charge is 0.478 e. The Bertz CT molecular complexity index is 458. The Labute approximate surface area is 116 Å². The molecule has 108 valence electrons. The van der Waals surface area contributed by atoms with E-state index >= 15 is 0 Å². The molecule has 1 heterocycles. The maximum Gasteiger partial charge on any atom is 0.407 e. The van der Waals surface area contributed by atoms with Gasteiger partial charge < -0.3 is 19.9 Å². The lowest BCUT2D eigenvalue weighted by Gasteiger charge is -2.06. The number of pyridine rings is 1.